The van der Waals surface area contributed by atoms with Gasteiger partial charge in [0.1, 0.15) is 0 Å². The van der Waals surface area contributed by atoms with Crippen LogP contribution in [-0.4, -0.2) is 42.4 Å². The molecule has 6 heteroatoms. The predicted octanol–water partition coefficient (Wildman–Crippen LogP) is 4.28. The molecule has 2 aliphatic rings. The number of carbonyl (C=O) groups is 3. The van der Waals surface area contributed by atoms with Crippen molar-refractivity contribution < 1.29 is 19.1 Å². The smallest absolute Gasteiger partial charge is 0.309 e. The maximum Gasteiger partial charge on any atom is 0.309 e. The first-order valence-corrected chi connectivity index (χ1v) is 12.3. The van der Waals surface area contributed by atoms with Crippen LogP contribution in [0.2, 0.25) is 0 Å². The highest BCUT2D eigenvalue weighted by atomic mass is 16.5. The summed E-state index contributed by atoms with van der Waals surface area (Å²) < 4.78 is 5.11. The molecule has 0 bridgehead atoms. The molecule has 34 heavy (non-hydrogen) atoms. The van der Waals surface area contributed by atoms with Crippen LogP contribution >= 0.6 is 0 Å². The van der Waals surface area contributed by atoms with Crippen LogP contribution in [0.1, 0.15) is 49.3 Å². The maximum absolute atomic E-state index is 13.0. The number of anilines is 1. The SMILES string of the molecule is CCOC(=O)C1CCN(C(=O)Cc2ccc(N(Cc3ccc(C)cc3)C(=O)C3CC3)cc2)CC1. The first-order chi connectivity index (χ1) is 16.4. The average Bonchev–Trinajstić information content (AvgIpc) is 3.70. The normalized spacial score (nSPS) is 16.2. The van der Waals surface area contributed by atoms with E-state index in [0.717, 1.165) is 29.7 Å². The topological polar surface area (TPSA) is 66.9 Å². The molecule has 0 unspecified atom stereocenters. The van der Waals surface area contributed by atoms with Gasteiger partial charge in [0.2, 0.25) is 11.8 Å². The molecule has 1 aliphatic carbocycles. The molecule has 180 valence electrons. The molecular formula is C28H34N2O4. The van der Waals surface area contributed by atoms with Crippen molar-refractivity contribution >= 4 is 23.5 Å². The highest BCUT2D eigenvalue weighted by Gasteiger charge is 2.34. The molecule has 2 fully saturated rings. The van der Waals surface area contributed by atoms with Gasteiger partial charge in [0.25, 0.3) is 0 Å². The Kier molecular flexibility index (Phi) is 7.66. The van der Waals surface area contributed by atoms with E-state index in [2.05, 4.69) is 31.2 Å². The summed E-state index contributed by atoms with van der Waals surface area (Å²) in [6, 6.07) is 16.1. The van der Waals surface area contributed by atoms with Gasteiger partial charge in [-0.15, -0.1) is 0 Å². The summed E-state index contributed by atoms with van der Waals surface area (Å²) in [4.78, 5) is 41.4. The lowest BCUT2D eigenvalue weighted by Crippen LogP contribution is -2.41. The largest absolute Gasteiger partial charge is 0.466 e. The number of aryl methyl sites for hydroxylation is 1. The highest BCUT2D eigenvalue weighted by molar-refractivity contribution is 5.96. The Bertz CT molecular complexity index is 1000. The molecular weight excluding hydrogens is 428 g/mol. The molecule has 0 aromatic heterocycles. The van der Waals surface area contributed by atoms with Crippen molar-refractivity contribution in [3.63, 3.8) is 0 Å². The molecule has 0 radical (unpaired) electrons. The van der Waals surface area contributed by atoms with E-state index in [9.17, 15) is 14.4 Å². The Morgan fingerprint density at radius 3 is 2.09 bits per heavy atom. The summed E-state index contributed by atoms with van der Waals surface area (Å²) in [5.41, 5.74) is 4.09. The second kappa shape index (κ2) is 10.9. The second-order valence-corrected chi connectivity index (χ2v) is 9.43. The molecule has 0 atom stereocenters. The predicted molar refractivity (Wildman–Crippen MR) is 131 cm³/mol. The number of rotatable bonds is 8. The van der Waals surface area contributed by atoms with Crippen LogP contribution in [0.25, 0.3) is 0 Å². The number of likely N-dealkylation sites (tertiary alicyclic amines) is 1. The zero-order valence-electron chi connectivity index (χ0n) is 20.2. The van der Waals surface area contributed by atoms with Crippen LogP contribution in [-0.2, 0) is 32.1 Å². The lowest BCUT2D eigenvalue weighted by Gasteiger charge is -2.31. The van der Waals surface area contributed by atoms with E-state index in [-0.39, 0.29) is 29.6 Å². The van der Waals surface area contributed by atoms with Crippen molar-refractivity contribution in [3.05, 3.63) is 65.2 Å². The standard InChI is InChI=1S/C28H34N2O4/c1-3-34-28(33)24-14-16-29(17-15-24)26(31)18-21-8-12-25(13-9-21)30(27(32)23-10-11-23)19-22-6-4-20(2)5-7-22/h4-9,12-13,23-24H,3,10-11,14-19H2,1-2H3. The highest BCUT2D eigenvalue weighted by Crippen LogP contribution is 2.33. The van der Waals surface area contributed by atoms with E-state index in [1.54, 1.807) is 0 Å². The molecule has 1 heterocycles. The van der Waals surface area contributed by atoms with Crippen LogP contribution in [0.4, 0.5) is 5.69 Å². The fraction of sp³-hybridized carbons (Fsp3) is 0.464. The molecule has 2 aromatic rings. The fourth-order valence-corrected chi connectivity index (χ4v) is 4.43. The third-order valence-electron chi connectivity index (χ3n) is 6.72. The minimum absolute atomic E-state index is 0.0700. The van der Waals surface area contributed by atoms with E-state index >= 15 is 0 Å². The van der Waals surface area contributed by atoms with E-state index in [0.29, 0.717) is 45.5 Å². The van der Waals surface area contributed by atoms with Crippen molar-refractivity contribution in [1.29, 1.82) is 0 Å². The third kappa shape index (κ3) is 6.04. The van der Waals surface area contributed by atoms with Crippen LogP contribution in [0.5, 0.6) is 0 Å². The van der Waals surface area contributed by atoms with Crippen LogP contribution in [0, 0.1) is 18.8 Å². The van der Waals surface area contributed by atoms with Crippen LogP contribution in [0.3, 0.4) is 0 Å². The van der Waals surface area contributed by atoms with Gasteiger partial charge in [0, 0.05) is 24.7 Å². The first kappa shape index (κ1) is 24.0. The van der Waals surface area contributed by atoms with Gasteiger partial charge in [-0.2, -0.15) is 0 Å². The number of carbonyl (C=O) groups excluding carboxylic acids is 3. The molecule has 1 saturated heterocycles. The summed E-state index contributed by atoms with van der Waals surface area (Å²) in [6.45, 7) is 5.97. The number of amides is 2. The summed E-state index contributed by atoms with van der Waals surface area (Å²) in [7, 11) is 0. The van der Waals surface area contributed by atoms with Crippen molar-refractivity contribution in [1.82, 2.24) is 4.90 Å². The van der Waals surface area contributed by atoms with Crippen molar-refractivity contribution in [2.45, 2.75) is 52.5 Å². The molecule has 1 aliphatic heterocycles. The van der Waals surface area contributed by atoms with Gasteiger partial charge in [-0.1, -0.05) is 42.0 Å². The Morgan fingerprint density at radius 2 is 1.50 bits per heavy atom. The molecule has 6 nitrogen and oxygen atoms in total. The van der Waals surface area contributed by atoms with Crippen LogP contribution in [0.15, 0.2) is 48.5 Å². The van der Waals surface area contributed by atoms with Gasteiger partial charge < -0.3 is 14.5 Å². The number of hydrogen-bond acceptors (Lipinski definition) is 4. The number of esters is 1. The lowest BCUT2D eigenvalue weighted by atomic mass is 9.96. The minimum atomic E-state index is -0.152. The van der Waals surface area contributed by atoms with Crippen LogP contribution < -0.4 is 4.90 Å². The van der Waals surface area contributed by atoms with Gasteiger partial charge in [-0.3, -0.25) is 14.4 Å². The van der Waals surface area contributed by atoms with E-state index < -0.39 is 0 Å². The zero-order chi connectivity index (χ0) is 24.1. The summed E-state index contributed by atoms with van der Waals surface area (Å²) in [6.07, 6.45) is 3.55. The lowest BCUT2D eigenvalue weighted by molar-refractivity contribution is -0.151. The molecule has 0 N–H and O–H groups in total. The van der Waals surface area contributed by atoms with Crippen molar-refractivity contribution in [2.75, 3.05) is 24.6 Å². The number of ether oxygens (including phenoxy) is 1. The summed E-state index contributed by atoms with van der Waals surface area (Å²) >= 11 is 0. The number of benzene rings is 2. The zero-order valence-corrected chi connectivity index (χ0v) is 20.2. The average molecular weight is 463 g/mol. The number of hydrogen-bond donors (Lipinski definition) is 0. The minimum Gasteiger partial charge on any atom is -0.466 e. The Hall–Kier alpha value is -3.15. The molecule has 4 rings (SSSR count). The van der Waals surface area contributed by atoms with Gasteiger partial charge in [0.15, 0.2) is 0 Å². The molecule has 2 amide bonds. The summed E-state index contributed by atoms with van der Waals surface area (Å²) in [5, 5.41) is 0. The molecule has 0 spiro atoms. The third-order valence-corrected chi connectivity index (χ3v) is 6.72. The first-order valence-electron chi connectivity index (χ1n) is 12.3. The summed E-state index contributed by atoms with van der Waals surface area (Å²) in [5.74, 6) is 0.117. The van der Waals surface area contributed by atoms with E-state index in [1.165, 1.54) is 5.56 Å². The van der Waals surface area contributed by atoms with Gasteiger partial charge in [-0.25, -0.2) is 0 Å². The molecule has 1 saturated carbocycles. The second-order valence-electron chi connectivity index (χ2n) is 9.43. The van der Waals surface area contributed by atoms with Crippen molar-refractivity contribution in [2.24, 2.45) is 11.8 Å². The monoisotopic (exact) mass is 462 g/mol. The quantitative estimate of drug-likeness (QED) is 0.549. The Balaban J connectivity index is 1.37. The Morgan fingerprint density at radius 1 is 0.882 bits per heavy atom. The number of nitrogens with zero attached hydrogens (tertiary/aromatic N) is 2. The Labute approximate surface area is 201 Å². The van der Waals surface area contributed by atoms with Gasteiger partial charge >= 0.3 is 5.97 Å². The van der Waals surface area contributed by atoms with Crippen molar-refractivity contribution in [3.8, 4) is 0 Å². The maximum atomic E-state index is 13.0. The van der Waals surface area contributed by atoms with Gasteiger partial charge in [0.05, 0.1) is 25.5 Å². The molecule has 2 aromatic carbocycles. The van der Waals surface area contributed by atoms with E-state index in [4.69, 9.17) is 4.74 Å². The fourth-order valence-electron chi connectivity index (χ4n) is 4.43. The number of piperidine rings is 1. The van der Waals surface area contributed by atoms with E-state index in [1.807, 2.05) is 41.0 Å². The van der Waals surface area contributed by atoms with Gasteiger partial charge in [-0.05, 0) is 62.8 Å².